The van der Waals surface area contributed by atoms with Crippen LogP contribution in [0.15, 0.2) is 47.1 Å². The zero-order valence-corrected chi connectivity index (χ0v) is 15.5. The summed E-state index contributed by atoms with van der Waals surface area (Å²) in [6.45, 7) is 1.90. The van der Waals surface area contributed by atoms with Crippen LogP contribution in [-0.4, -0.2) is 34.8 Å². The van der Waals surface area contributed by atoms with Crippen molar-refractivity contribution in [3.05, 3.63) is 57.7 Å². The highest BCUT2D eigenvalue weighted by Crippen LogP contribution is 2.13. The minimum absolute atomic E-state index is 0.0202. The van der Waals surface area contributed by atoms with Crippen LogP contribution in [0.25, 0.3) is 0 Å². The van der Waals surface area contributed by atoms with Gasteiger partial charge < -0.3 is 10.2 Å². The number of amides is 2. The first-order chi connectivity index (χ1) is 11.4. The van der Waals surface area contributed by atoms with E-state index in [1.54, 1.807) is 12.1 Å². The Balaban J connectivity index is 1.91. The summed E-state index contributed by atoms with van der Waals surface area (Å²) < 4.78 is 0.987. The van der Waals surface area contributed by atoms with Crippen molar-refractivity contribution in [2.24, 2.45) is 0 Å². The maximum atomic E-state index is 12.1. The van der Waals surface area contributed by atoms with Gasteiger partial charge in [-0.3, -0.25) is 9.59 Å². The molecule has 7 heteroatoms. The Kier molecular flexibility index (Phi) is 6.75. The van der Waals surface area contributed by atoms with E-state index in [1.165, 1.54) is 18.0 Å². The zero-order valence-electron chi connectivity index (χ0n) is 13.1. The molecule has 1 aromatic carbocycles. The Hall–Kier alpha value is -1.92. The van der Waals surface area contributed by atoms with E-state index in [2.05, 4.69) is 26.2 Å². The number of aromatic nitrogens is 1. The van der Waals surface area contributed by atoms with E-state index >= 15 is 0 Å². The minimum atomic E-state index is -0.297. The number of nitrogens with zero attached hydrogens (tertiary/aromatic N) is 2. The van der Waals surface area contributed by atoms with Crippen LogP contribution in [0.3, 0.4) is 0 Å². The number of hydrogen-bond acceptors (Lipinski definition) is 3. The van der Waals surface area contributed by atoms with Gasteiger partial charge in [0.05, 0.1) is 11.6 Å². The molecule has 0 aliphatic rings. The molecular formula is C17H17BrClN3O2. The van der Waals surface area contributed by atoms with E-state index in [0.29, 0.717) is 23.8 Å². The number of rotatable bonds is 6. The van der Waals surface area contributed by atoms with Gasteiger partial charge in [0.1, 0.15) is 5.82 Å². The second-order valence-electron chi connectivity index (χ2n) is 5.23. The van der Waals surface area contributed by atoms with E-state index in [1.807, 2.05) is 24.3 Å². The first-order valence-corrected chi connectivity index (χ1v) is 8.52. The lowest BCUT2D eigenvalue weighted by Crippen LogP contribution is -2.38. The predicted octanol–water partition coefficient (Wildman–Crippen LogP) is 3.53. The largest absolute Gasteiger partial charge is 0.333 e. The molecule has 1 aromatic heterocycles. The third-order valence-corrected chi connectivity index (χ3v) is 4.05. The van der Waals surface area contributed by atoms with E-state index in [-0.39, 0.29) is 18.4 Å². The molecular weight excluding hydrogens is 394 g/mol. The van der Waals surface area contributed by atoms with Gasteiger partial charge in [0, 0.05) is 24.1 Å². The van der Waals surface area contributed by atoms with Crippen LogP contribution in [0.1, 0.15) is 12.5 Å². The van der Waals surface area contributed by atoms with Crippen LogP contribution < -0.4 is 5.32 Å². The van der Waals surface area contributed by atoms with Crippen molar-refractivity contribution in [3.8, 4) is 0 Å². The average molecular weight is 411 g/mol. The van der Waals surface area contributed by atoms with Gasteiger partial charge in [-0.05, 0) is 36.2 Å². The van der Waals surface area contributed by atoms with Gasteiger partial charge in [0.15, 0.2) is 0 Å². The number of anilines is 1. The summed E-state index contributed by atoms with van der Waals surface area (Å²) in [4.78, 5) is 29.4. The lowest BCUT2D eigenvalue weighted by atomic mass is 10.1. The fourth-order valence-corrected chi connectivity index (χ4v) is 2.67. The SMILES string of the molecule is CC(=O)N(CCc1cccc(Br)c1)CC(=O)Nc1ccc(Cl)cn1. The minimum Gasteiger partial charge on any atom is -0.333 e. The Morgan fingerprint density at radius 2 is 2.08 bits per heavy atom. The van der Waals surface area contributed by atoms with E-state index in [9.17, 15) is 9.59 Å². The first-order valence-electron chi connectivity index (χ1n) is 7.35. The van der Waals surface area contributed by atoms with Crippen molar-refractivity contribution < 1.29 is 9.59 Å². The van der Waals surface area contributed by atoms with Crippen LogP contribution in [0.5, 0.6) is 0 Å². The molecule has 0 aliphatic carbocycles. The van der Waals surface area contributed by atoms with Gasteiger partial charge in [0.2, 0.25) is 11.8 Å². The fraction of sp³-hybridized carbons (Fsp3) is 0.235. The highest BCUT2D eigenvalue weighted by atomic mass is 79.9. The lowest BCUT2D eigenvalue weighted by Gasteiger charge is -2.20. The molecule has 24 heavy (non-hydrogen) atoms. The van der Waals surface area contributed by atoms with Gasteiger partial charge in [0.25, 0.3) is 0 Å². The summed E-state index contributed by atoms with van der Waals surface area (Å²) in [5.74, 6) is -0.0432. The standard InChI is InChI=1S/C17H17BrClN3O2/c1-12(23)22(8-7-13-3-2-4-14(18)9-13)11-17(24)21-16-6-5-15(19)10-20-16/h2-6,9-10H,7-8,11H2,1H3,(H,20,21,24). The van der Waals surface area contributed by atoms with Crippen LogP contribution in [0, 0.1) is 0 Å². The molecule has 2 rings (SSSR count). The van der Waals surface area contributed by atoms with Crippen LogP contribution >= 0.6 is 27.5 Å². The van der Waals surface area contributed by atoms with Crippen molar-refractivity contribution in [2.75, 3.05) is 18.4 Å². The highest BCUT2D eigenvalue weighted by Gasteiger charge is 2.14. The highest BCUT2D eigenvalue weighted by molar-refractivity contribution is 9.10. The maximum Gasteiger partial charge on any atom is 0.245 e. The summed E-state index contributed by atoms with van der Waals surface area (Å²) in [6.07, 6.45) is 2.12. The molecule has 0 bridgehead atoms. The Morgan fingerprint density at radius 1 is 1.29 bits per heavy atom. The van der Waals surface area contributed by atoms with Gasteiger partial charge in [-0.15, -0.1) is 0 Å². The topological polar surface area (TPSA) is 62.3 Å². The summed E-state index contributed by atoms with van der Waals surface area (Å²) in [7, 11) is 0. The van der Waals surface area contributed by atoms with Crippen LogP contribution in [0.4, 0.5) is 5.82 Å². The maximum absolute atomic E-state index is 12.1. The first kappa shape index (κ1) is 18.4. The molecule has 2 amide bonds. The smallest absolute Gasteiger partial charge is 0.245 e. The number of pyridine rings is 1. The summed E-state index contributed by atoms with van der Waals surface area (Å²) >= 11 is 9.17. The lowest BCUT2D eigenvalue weighted by molar-refractivity contribution is -0.132. The molecule has 0 radical (unpaired) electrons. The monoisotopic (exact) mass is 409 g/mol. The van der Waals surface area contributed by atoms with Crippen LogP contribution in [0.2, 0.25) is 5.02 Å². The summed E-state index contributed by atoms with van der Waals surface area (Å²) in [5, 5.41) is 3.14. The van der Waals surface area contributed by atoms with Gasteiger partial charge in [-0.2, -0.15) is 0 Å². The number of nitrogens with one attached hydrogen (secondary N) is 1. The van der Waals surface area contributed by atoms with Crippen molar-refractivity contribution in [2.45, 2.75) is 13.3 Å². The van der Waals surface area contributed by atoms with Crippen molar-refractivity contribution in [1.29, 1.82) is 0 Å². The summed E-state index contributed by atoms with van der Waals surface area (Å²) in [6, 6.07) is 11.1. The number of halogens is 2. The third kappa shape index (κ3) is 5.94. The molecule has 0 spiro atoms. The summed E-state index contributed by atoms with van der Waals surface area (Å²) in [5.41, 5.74) is 1.09. The van der Waals surface area contributed by atoms with E-state index < -0.39 is 0 Å². The third-order valence-electron chi connectivity index (χ3n) is 3.33. The predicted molar refractivity (Wildman–Crippen MR) is 98.0 cm³/mol. The molecule has 126 valence electrons. The number of carbonyl (C=O) groups excluding carboxylic acids is 2. The van der Waals surface area contributed by atoms with Gasteiger partial charge in [-0.1, -0.05) is 39.7 Å². The molecule has 0 saturated heterocycles. The quantitative estimate of drug-likeness (QED) is 0.792. The van der Waals surface area contributed by atoms with Crippen molar-refractivity contribution in [1.82, 2.24) is 9.88 Å². The Bertz CT molecular complexity index is 722. The molecule has 5 nitrogen and oxygen atoms in total. The molecule has 0 aliphatic heterocycles. The number of carbonyl (C=O) groups is 2. The number of hydrogen-bond donors (Lipinski definition) is 1. The van der Waals surface area contributed by atoms with Gasteiger partial charge >= 0.3 is 0 Å². The molecule has 1 N–H and O–H groups in total. The van der Waals surface area contributed by atoms with E-state index in [4.69, 9.17) is 11.6 Å². The second kappa shape index (κ2) is 8.80. The van der Waals surface area contributed by atoms with E-state index in [0.717, 1.165) is 10.0 Å². The molecule has 2 aromatic rings. The molecule has 0 atom stereocenters. The van der Waals surface area contributed by atoms with Crippen molar-refractivity contribution >= 4 is 45.2 Å². The zero-order chi connectivity index (χ0) is 17.5. The molecule has 0 fully saturated rings. The number of benzene rings is 1. The van der Waals surface area contributed by atoms with Crippen molar-refractivity contribution in [3.63, 3.8) is 0 Å². The Labute approximate surface area is 154 Å². The Morgan fingerprint density at radius 3 is 2.71 bits per heavy atom. The average Bonchev–Trinajstić information content (AvgIpc) is 2.53. The van der Waals surface area contributed by atoms with Crippen LogP contribution in [-0.2, 0) is 16.0 Å². The molecule has 0 saturated carbocycles. The normalized spacial score (nSPS) is 10.3. The molecule has 1 heterocycles. The molecule has 0 unspecified atom stereocenters. The van der Waals surface area contributed by atoms with Gasteiger partial charge in [-0.25, -0.2) is 4.98 Å². The second-order valence-corrected chi connectivity index (χ2v) is 6.58. The fourth-order valence-electron chi connectivity index (χ4n) is 2.11.